The normalized spacial score (nSPS) is 10.4. The first-order valence-corrected chi connectivity index (χ1v) is 6.65. The van der Waals surface area contributed by atoms with Crippen LogP contribution in [-0.2, 0) is 0 Å². The molecule has 0 aromatic carbocycles. The largest absolute Gasteiger partial charge is 0.462 e. The molecule has 0 N–H and O–H groups in total. The Morgan fingerprint density at radius 1 is 1.67 bits per heavy atom. The van der Waals surface area contributed by atoms with Gasteiger partial charge in [0.25, 0.3) is 0 Å². The molecule has 0 radical (unpaired) electrons. The molecule has 0 atom stereocenters. The minimum Gasteiger partial charge on any atom is -0.462 e. The van der Waals surface area contributed by atoms with Gasteiger partial charge in [-0.3, -0.25) is 0 Å². The molecule has 2 aromatic heterocycles. The van der Waals surface area contributed by atoms with Gasteiger partial charge in [0, 0.05) is 0 Å². The van der Waals surface area contributed by atoms with Gasteiger partial charge in [0.1, 0.15) is 0 Å². The molecule has 0 spiro atoms. The number of thioether (sulfide) groups is 1. The summed E-state index contributed by atoms with van der Waals surface area (Å²) in [5.41, 5.74) is 0. The van der Waals surface area contributed by atoms with Crippen LogP contribution in [0.4, 0.5) is 0 Å². The van der Waals surface area contributed by atoms with E-state index in [1.807, 2.05) is 18.4 Å². The molecule has 2 aromatic rings. The summed E-state index contributed by atoms with van der Waals surface area (Å²) < 4.78 is 6.31. The predicted octanol–water partition coefficient (Wildman–Crippen LogP) is 3.47. The van der Waals surface area contributed by atoms with Crippen LogP contribution >= 0.6 is 32.4 Å². The molecule has 0 aliphatic carbocycles. The lowest BCUT2D eigenvalue weighted by atomic mass is 10.5. The van der Waals surface area contributed by atoms with E-state index < -0.39 is 0 Å². The molecule has 0 saturated carbocycles. The molecule has 0 fully saturated rings. The van der Waals surface area contributed by atoms with Crippen LogP contribution in [0.1, 0.15) is 0 Å². The summed E-state index contributed by atoms with van der Waals surface area (Å²) in [4.78, 5) is 4.38. The van der Waals surface area contributed by atoms with Crippen molar-refractivity contribution in [2.75, 3.05) is 6.26 Å². The van der Waals surface area contributed by atoms with Gasteiger partial charge in [0.05, 0.1) is 6.26 Å². The van der Waals surface area contributed by atoms with Crippen molar-refractivity contribution < 1.29 is 4.42 Å². The molecule has 0 bridgehead atoms. The third-order valence-electron chi connectivity index (χ3n) is 1.29. The summed E-state index contributed by atoms with van der Waals surface area (Å²) in [6, 6.07) is 3.80. The molecule has 5 heteroatoms. The van der Waals surface area contributed by atoms with Gasteiger partial charge in [0.2, 0.25) is 5.01 Å². The van der Waals surface area contributed by atoms with Crippen LogP contribution in [0.15, 0.2) is 27.2 Å². The zero-order valence-electron chi connectivity index (χ0n) is 6.31. The molecule has 0 aliphatic heterocycles. The molecule has 2 nitrogen and oxygen atoms in total. The monoisotopic (exact) mass is 216 g/mol. The average Bonchev–Trinajstić information content (AvgIpc) is 2.75. The lowest BCUT2D eigenvalue weighted by Gasteiger charge is -1.80. The van der Waals surface area contributed by atoms with Crippen LogP contribution < -0.4 is 0 Å². The zero-order valence-corrected chi connectivity index (χ0v) is 8.76. The van der Waals surface area contributed by atoms with Crippen molar-refractivity contribution in [2.24, 2.45) is 0 Å². The quantitative estimate of drug-likeness (QED) is 0.437. The van der Waals surface area contributed by atoms with E-state index in [-0.39, 0.29) is 0 Å². The minimum atomic E-state index is 0.858. The first-order chi connectivity index (χ1) is 5.90. The van der Waals surface area contributed by atoms with Gasteiger partial charge in [-0.25, -0.2) is 0 Å². The summed E-state index contributed by atoms with van der Waals surface area (Å²) in [6.45, 7) is 0. The summed E-state index contributed by atoms with van der Waals surface area (Å²) >= 11 is 1.66. The molecular formula is C7H6NOS3+. The van der Waals surface area contributed by atoms with Crippen molar-refractivity contribution in [3.8, 4) is 10.8 Å². The lowest BCUT2D eigenvalue weighted by Crippen LogP contribution is -1.70. The van der Waals surface area contributed by atoms with Crippen LogP contribution in [-0.4, -0.2) is 11.2 Å². The minimum absolute atomic E-state index is 0.858. The maximum Gasteiger partial charge on any atom is 0.376 e. The third kappa shape index (κ3) is 1.53. The summed E-state index contributed by atoms with van der Waals surface area (Å²) in [5, 5.41) is 0.967. The summed E-state index contributed by atoms with van der Waals surface area (Å²) in [6.07, 6.45) is 3.69. The number of nitrogens with zero attached hydrogens (tertiary/aromatic N) is 1. The van der Waals surface area contributed by atoms with Crippen LogP contribution in [0.2, 0.25) is 0 Å². The standard InChI is InChI=1S/C7H6NOS3/c1-10-7-8-6(11-12-7)5-3-2-4-9-5/h2-4H,1H3/q+1. The highest BCUT2D eigenvalue weighted by atomic mass is 32.9. The van der Waals surface area contributed by atoms with Gasteiger partial charge in [-0.05, 0) is 30.2 Å². The predicted molar refractivity (Wildman–Crippen MR) is 53.9 cm³/mol. The third-order valence-corrected chi connectivity index (χ3v) is 4.76. The van der Waals surface area contributed by atoms with E-state index in [0.29, 0.717) is 0 Å². The van der Waals surface area contributed by atoms with Crippen molar-refractivity contribution in [3.63, 3.8) is 0 Å². The molecule has 2 heterocycles. The van der Waals surface area contributed by atoms with Crippen LogP contribution in [0.5, 0.6) is 0 Å². The van der Waals surface area contributed by atoms with E-state index in [9.17, 15) is 0 Å². The molecule has 0 unspecified atom stereocenters. The number of furan rings is 1. The van der Waals surface area contributed by atoms with Gasteiger partial charge >= 0.3 is 14.7 Å². The molecule has 0 amide bonds. The van der Waals surface area contributed by atoms with Crippen molar-refractivity contribution in [2.45, 2.75) is 4.34 Å². The number of hydrogen-bond donors (Lipinski definition) is 0. The highest BCUT2D eigenvalue weighted by Crippen LogP contribution is 2.32. The number of rotatable bonds is 2. The molecule has 0 aliphatic rings. The summed E-state index contributed by atoms with van der Waals surface area (Å²) in [7, 11) is 3.33. The maximum absolute atomic E-state index is 5.22. The van der Waals surface area contributed by atoms with Crippen molar-refractivity contribution in [1.82, 2.24) is 4.98 Å². The Morgan fingerprint density at radius 2 is 2.58 bits per heavy atom. The van der Waals surface area contributed by atoms with Gasteiger partial charge < -0.3 is 4.42 Å². The Bertz CT molecular complexity index is 354. The zero-order chi connectivity index (χ0) is 8.39. The highest BCUT2D eigenvalue weighted by Gasteiger charge is 2.17. The van der Waals surface area contributed by atoms with Crippen LogP contribution in [0, 0.1) is 0 Å². The van der Waals surface area contributed by atoms with Crippen molar-refractivity contribution in [1.29, 1.82) is 0 Å². The first kappa shape index (κ1) is 8.22. The molecule has 0 saturated heterocycles. The summed E-state index contributed by atoms with van der Waals surface area (Å²) in [5.74, 6) is 0.858. The van der Waals surface area contributed by atoms with Gasteiger partial charge in [-0.15, -0.1) is 0 Å². The topological polar surface area (TPSA) is 26.0 Å². The smallest absolute Gasteiger partial charge is 0.376 e. The second-order valence-corrected chi connectivity index (χ2v) is 5.19. The first-order valence-electron chi connectivity index (χ1n) is 3.28. The van der Waals surface area contributed by atoms with E-state index in [2.05, 4.69) is 4.98 Å². The molecular weight excluding hydrogens is 210 g/mol. The Kier molecular flexibility index (Phi) is 2.43. The number of hydrogen-bond acceptors (Lipinski definition) is 4. The lowest BCUT2D eigenvalue weighted by molar-refractivity contribution is 0.581. The van der Waals surface area contributed by atoms with Crippen LogP contribution in [0.3, 0.4) is 0 Å². The van der Waals surface area contributed by atoms with Crippen molar-refractivity contribution in [3.05, 3.63) is 18.4 Å². The SMILES string of the molecule is CSc1nc(-c2ccco2)s[s+]1. The van der Waals surface area contributed by atoms with Crippen LogP contribution in [0.25, 0.3) is 10.8 Å². The van der Waals surface area contributed by atoms with Gasteiger partial charge in [-0.2, -0.15) is 4.98 Å². The Balaban J connectivity index is 2.35. The fraction of sp³-hybridized carbons (Fsp3) is 0.143. The fourth-order valence-electron chi connectivity index (χ4n) is 0.771. The van der Waals surface area contributed by atoms with Gasteiger partial charge in [0.15, 0.2) is 16.1 Å². The second kappa shape index (κ2) is 3.55. The van der Waals surface area contributed by atoms with E-state index in [4.69, 9.17) is 4.42 Å². The van der Waals surface area contributed by atoms with Gasteiger partial charge in [-0.1, -0.05) is 0 Å². The van der Waals surface area contributed by atoms with E-state index in [1.54, 1.807) is 38.7 Å². The Labute approximate surface area is 81.7 Å². The maximum atomic E-state index is 5.22. The Morgan fingerprint density at radius 3 is 3.17 bits per heavy atom. The van der Waals surface area contributed by atoms with E-state index in [1.165, 1.54) is 0 Å². The molecule has 12 heavy (non-hydrogen) atoms. The Hall–Kier alpha value is -0.390. The van der Waals surface area contributed by atoms with E-state index >= 15 is 0 Å². The number of aromatic nitrogens is 1. The fourth-order valence-corrected chi connectivity index (χ4v) is 3.79. The molecule has 2 rings (SSSR count). The highest BCUT2D eigenvalue weighted by molar-refractivity contribution is 8.02. The van der Waals surface area contributed by atoms with E-state index in [0.717, 1.165) is 15.1 Å². The van der Waals surface area contributed by atoms with Crippen molar-refractivity contribution >= 4 is 32.4 Å². The second-order valence-electron chi connectivity index (χ2n) is 2.03. The average molecular weight is 216 g/mol. The molecule has 62 valence electrons.